The molecule has 0 aliphatic heterocycles. The molecule has 1 N–H and O–H groups in total. The number of carbonyl (C=O) groups is 3. The van der Waals surface area contributed by atoms with Crippen LogP contribution in [0.3, 0.4) is 0 Å². The van der Waals surface area contributed by atoms with E-state index in [9.17, 15) is 14.4 Å². The minimum Gasteiger partial charge on any atom is -0.496 e. The molecular weight excluding hydrogens is 374 g/mol. The summed E-state index contributed by atoms with van der Waals surface area (Å²) in [6.45, 7) is -0.505. The van der Waals surface area contributed by atoms with Crippen LogP contribution in [-0.2, 0) is 14.3 Å². The molecule has 1 amide bonds. The van der Waals surface area contributed by atoms with Gasteiger partial charge in [0.2, 0.25) is 0 Å². The van der Waals surface area contributed by atoms with Crippen molar-refractivity contribution in [3.8, 4) is 5.75 Å². The Hall–Kier alpha value is -3.87. The maximum absolute atomic E-state index is 12.5. The predicted octanol–water partition coefficient (Wildman–Crippen LogP) is 3.43. The van der Waals surface area contributed by atoms with Gasteiger partial charge >= 0.3 is 11.9 Å². The molecule has 0 aliphatic rings. The third kappa shape index (κ3) is 4.35. The normalized spacial score (nSPS) is 10.3. The van der Waals surface area contributed by atoms with Crippen LogP contribution in [0, 0.1) is 0 Å². The Bertz CT molecular complexity index is 1080. The summed E-state index contributed by atoms with van der Waals surface area (Å²) in [4.78, 5) is 36.5. The number of methoxy groups -OCH3 is 2. The minimum absolute atomic E-state index is 0.204. The first kappa shape index (κ1) is 19.9. The number of esters is 2. The molecule has 148 valence electrons. The van der Waals surface area contributed by atoms with Crippen molar-refractivity contribution in [2.24, 2.45) is 0 Å². The van der Waals surface area contributed by atoms with Gasteiger partial charge in [0.1, 0.15) is 5.75 Å². The zero-order valence-corrected chi connectivity index (χ0v) is 15.9. The number of para-hydroxylation sites is 1. The molecule has 0 heterocycles. The van der Waals surface area contributed by atoms with Gasteiger partial charge in [-0.15, -0.1) is 0 Å². The molecule has 0 saturated carbocycles. The molecule has 0 aromatic heterocycles. The maximum atomic E-state index is 12.5. The van der Waals surface area contributed by atoms with E-state index in [0.717, 1.165) is 5.39 Å². The van der Waals surface area contributed by atoms with Gasteiger partial charge in [0.25, 0.3) is 5.91 Å². The second-order valence-corrected chi connectivity index (χ2v) is 6.02. The zero-order valence-electron chi connectivity index (χ0n) is 15.9. The van der Waals surface area contributed by atoms with Crippen LogP contribution in [0.15, 0.2) is 60.7 Å². The first-order valence-corrected chi connectivity index (χ1v) is 8.75. The van der Waals surface area contributed by atoms with Gasteiger partial charge in [-0.05, 0) is 29.7 Å². The third-order valence-electron chi connectivity index (χ3n) is 4.26. The largest absolute Gasteiger partial charge is 0.496 e. The van der Waals surface area contributed by atoms with Gasteiger partial charge in [0, 0.05) is 5.39 Å². The van der Waals surface area contributed by atoms with Crippen LogP contribution in [0.5, 0.6) is 5.75 Å². The fourth-order valence-corrected chi connectivity index (χ4v) is 2.90. The van der Waals surface area contributed by atoms with Crippen molar-refractivity contribution < 1.29 is 28.6 Å². The monoisotopic (exact) mass is 393 g/mol. The van der Waals surface area contributed by atoms with Gasteiger partial charge in [0.05, 0.1) is 31.0 Å². The molecule has 3 rings (SSSR count). The van der Waals surface area contributed by atoms with Gasteiger partial charge < -0.3 is 19.5 Å². The van der Waals surface area contributed by atoms with Gasteiger partial charge in [-0.25, -0.2) is 9.59 Å². The summed E-state index contributed by atoms with van der Waals surface area (Å²) in [5.74, 6) is -1.16. The number of ether oxygens (including phenoxy) is 3. The highest BCUT2D eigenvalue weighted by molar-refractivity contribution is 6.07. The number of fused-ring (bicyclic) bond motifs is 1. The van der Waals surface area contributed by atoms with E-state index in [1.807, 2.05) is 12.1 Å². The Labute approximate surface area is 167 Å². The molecule has 29 heavy (non-hydrogen) atoms. The summed E-state index contributed by atoms with van der Waals surface area (Å²) in [5, 5.41) is 3.98. The summed E-state index contributed by atoms with van der Waals surface area (Å²) >= 11 is 0. The van der Waals surface area contributed by atoms with Crippen molar-refractivity contribution in [1.82, 2.24) is 0 Å². The van der Waals surface area contributed by atoms with Gasteiger partial charge in [-0.2, -0.15) is 0 Å². The zero-order chi connectivity index (χ0) is 20.8. The topological polar surface area (TPSA) is 90.9 Å². The average molecular weight is 393 g/mol. The number of hydrogen-bond acceptors (Lipinski definition) is 6. The molecule has 0 atom stereocenters. The quantitative estimate of drug-likeness (QED) is 0.645. The molecule has 0 bridgehead atoms. The SMILES string of the molecule is COC(=O)c1ccccc1NC(=O)COC(=O)c1ccc(OC)c2ccccc12. The molecule has 0 radical (unpaired) electrons. The molecule has 0 saturated heterocycles. The summed E-state index contributed by atoms with van der Waals surface area (Å²) < 4.78 is 15.2. The fourth-order valence-electron chi connectivity index (χ4n) is 2.90. The summed E-state index contributed by atoms with van der Waals surface area (Å²) in [6, 6.07) is 16.9. The highest BCUT2D eigenvalue weighted by Gasteiger charge is 2.17. The first-order chi connectivity index (χ1) is 14.0. The number of rotatable bonds is 6. The van der Waals surface area contributed by atoms with Crippen molar-refractivity contribution in [2.45, 2.75) is 0 Å². The van der Waals surface area contributed by atoms with Crippen LogP contribution < -0.4 is 10.1 Å². The van der Waals surface area contributed by atoms with Crippen molar-refractivity contribution in [2.75, 3.05) is 26.1 Å². The first-order valence-electron chi connectivity index (χ1n) is 8.75. The van der Waals surface area contributed by atoms with Crippen molar-refractivity contribution in [3.05, 3.63) is 71.8 Å². The number of hydrogen-bond donors (Lipinski definition) is 1. The summed E-state index contributed by atoms with van der Waals surface area (Å²) in [6.07, 6.45) is 0. The number of carbonyl (C=O) groups excluding carboxylic acids is 3. The van der Waals surface area contributed by atoms with Crippen molar-refractivity contribution in [3.63, 3.8) is 0 Å². The Kier molecular flexibility index (Phi) is 6.09. The Morgan fingerprint density at radius 2 is 1.48 bits per heavy atom. The van der Waals surface area contributed by atoms with E-state index in [-0.39, 0.29) is 11.3 Å². The molecule has 7 heteroatoms. The number of nitrogens with one attached hydrogen (secondary N) is 1. The van der Waals surface area contributed by atoms with E-state index in [1.165, 1.54) is 13.2 Å². The molecule has 0 fully saturated rings. The molecule has 0 spiro atoms. The molecule has 7 nitrogen and oxygen atoms in total. The average Bonchev–Trinajstić information content (AvgIpc) is 2.76. The summed E-state index contributed by atoms with van der Waals surface area (Å²) in [5.41, 5.74) is 0.801. The Morgan fingerprint density at radius 3 is 2.21 bits per heavy atom. The minimum atomic E-state index is -0.639. The standard InChI is InChI=1S/C22H19NO6/c1-27-19-12-11-16(14-7-3-4-8-15(14)19)22(26)29-13-20(24)23-18-10-6-5-9-17(18)21(25)28-2/h3-12H,13H2,1-2H3,(H,23,24). The highest BCUT2D eigenvalue weighted by atomic mass is 16.5. The number of amides is 1. The lowest BCUT2D eigenvalue weighted by Gasteiger charge is -2.11. The van der Waals surface area contributed by atoms with Crippen LogP contribution in [-0.4, -0.2) is 38.7 Å². The van der Waals surface area contributed by atoms with Crippen LogP contribution >= 0.6 is 0 Å². The van der Waals surface area contributed by atoms with E-state index < -0.39 is 24.5 Å². The lowest BCUT2D eigenvalue weighted by atomic mass is 10.0. The smallest absolute Gasteiger partial charge is 0.339 e. The third-order valence-corrected chi connectivity index (χ3v) is 4.26. The predicted molar refractivity (Wildman–Crippen MR) is 107 cm³/mol. The molecular formula is C22H19NO6. The molecule has 3 aromatic rings. The molecule has 0 aliphatic carbocycles. The summed E-state index contributed by atoms with van der Waals surface area (Å²) in [7, 11) is 2.80. The van der Waals surface area contributed by atoms with Crippen LogP contribution in [0.2, 0.25) is 0 Å². The number of anilines is 1. The van der Waals surface area contributed by atoms with E-state index in [4.69, 9.17) is 9.47 Å². The van der Waals surface area contributed by atoms with Gasteiger partial charge in [-0.1, -0.05) is 36.4 Å². The second-order valence-electron chi connectivity index (χ2n) is 6.02. The van der Waals surface area contributed by atoms with Crippen molar-refractivity contribution >= 4 is 34.3 Å². The van der Waals surface area contributed by atoms with E-state index >= 15 is 0 Å². The van der Waals surface area contributed by atoms with E-state index in [1.54, 1.807) is 49.6 Å². The Balaban J connectivity index is 1.71. The van der Waals surface area contributed by atoms with Crippen LogP contribution in [0.1, 0.15) is 20.7 Å². The van der Waals surface area contributed by atoms with Crippen LogP contribution in [0.4, 0.5) is 5.69 Å². The molecule has 3 aromatic carbocycles. The second kappa shape index (κ2) is 8.88. The van der Waals surface area contributed by atoms with Gasteiger partial charge in [-0.3, -0.25) is 4.79 Å². The van der Waals surface area contributed by atoms with E-state index in [0.29, 0.717) is 16.7 Å². The number of benzene rings is 3. The van der Waals surface area contributed by atoms with Gasteiger partial charge in [0.15, 0.2) is 6.61 Å². The Morgan fingerprint density at radius 1 is 0.793 bits per heavy atom. The molecule has 0 unspecified atom stereocenters. The van der Waals surface area contributed by atoms with Crippen molar-refractivity contribution in [1.29, 1.82) is 0 Å². The lowest BCUT2D eigenvalue weighted by Crippen LogP contribution is -2.22. The lowest BCUT2D eigenvalue weighted by molar-refractivity contribution is -0.119. The van der Waals surface area contributed by atoms with Crippen LogP contribution in [0.25, 0.3) is 10.8 Å². The maximum Gasteiger partial charge on any atom is 0.339 e. The fraction of sp³-hybridized carbons (Fsp3) is 0.136. The van der Waals surface area contributed by atoms with E-state index in [2.05, 4.69) is 10.1 Å². The highest BCUT2D eigenvalue weighted by Crippen LogP contribution is 2.28.